The van der Waals surface area contributed by atoms with Crippen molar-refractivity contribution in [1.82, 2.24) is 10.2 Å². The van der Waals surface area contributed by atoms with Gasteiger partial charge in [-0.15, -0.1) is 24.8 Å². The molecule has 1 amide bonds. The van der Waals surface area contributed by atoms with Gasteiger partial charge < -0.3 is 15.8 Å². The number of carbonyl (C=O) groups is 1. The maximum Gasteiger partial charge on any atom is 0.240 e. The van der Waals surface area contributed by atoms with Gasteiger partial charge in [-0.05, 0) is 44.9 Å². The molecule has 5 nitrogen and oxygen atoms in total. The summed E-state index contributed by atoms with van der Waals surface area (Å²) in [6, 6.07) is 8.71. The Balaban J connectivity index is 0.00000288. The molecule has 1 aromatic carbocycles. The number of nitrogens with two attached hydrogens (primary N) is 1. The van der Waals surface area contributed by atoms with Crippen molar-refractivity contribution in [3.63, 3.8) is 0 Å². The molecule has 0 atom stereocenters. The molecule has 2 rings (SSSR count). The van der Waals surface area contributed by atoms with Crippen LogP contribution in [0.25, 0.3) is 0 Å². The Labute approximate surface area is 163 Å². The van der Waals surface area contributed by atoms with Crippen molar-refractivity contribution in [3.05, 3.63) is 35.4 Å². The van der Waals surface area contributed by atoms with Crippen LogP contribution < -0.4 is 11.1 Å². The fraction of sp³-hybridized carbons (Fsp3) is 0.611. The van der Waals surface area contributed by atoms with Crippen molar-refractivity contribution < 1.29 is 9.53 Å². The zero-order valence-corrected chi connectivity index (χ0v) is 16.9. The highest BCUT2D eigenvalue weighted by atomic mass is 35.5. The molecule has 1 heterocycles. The van der Waals surface area contributed by atoms with Crippen molar-refractivity contribution in [3.8, 4) is 0 Å². The van der Waals surface area contributed by atoms with Crippen LogP contribution in [0.1, 0.15) is 37.8 Å². The monoisotopic (exact) mass is 391 g/mol. The number of rotatable bonds is 6. The second-order valence-electron chi connectivity index (χ2n) is 6.73. The molecule has 0 unspecified atom stereocenters. The minimum Gasteiger partial charge on any atom is -0.381 e. The minimum absolute atomic E-state index is 0. The second kappa shape index (κ2) is 11.0. The van der Waals surface area contributed by atoms with E-state index in [1.165, 1.54) is 5.56 Å². The lowest BCUT2D eigenvalue weighted by Gasteiger charge is -2.32. The molecule has 1 aliphatic heterocycles. The van der Waals surface area contributed by atoms with E-state index in [1.54, 1.807) is 0 Å². The Hall–Kier alpha value is -0.850. The van der Waals surface area contributed by atoms with Crippen LogP contribution in [0.15, 0.2) is 24.3 Å². The number of carbonyl (C=O) groups excluding carboxylic acids is 1. The van der Waals surface area contributed by atoms with E-state index in [-0.39, 0.29) is 30.7 Å². The normalized spacial score (nSPS) is 16.1. The van der Waals surface area contributed by atoms with Crippen LogP contribution in [-0.2, 0) is 22.6 Å². The zero-order chi connectivity index (χ0) is 16.9. The molecule has 7 heteroatoms. The first-order valence-corrected chi connectivity index (χ1v) is 8.34. The second-order valence-corrected chi connectivity index (χ2v) is 6.73. The molecule has 3 N–H and O–H groups in total. The van der Waals surface area contributed by atoms with Gasteiger partial charge in [0.15, 0.2) is 0 Å². The predicted molar refractivity (Wildman–Crippen MR) is 106 cm³/mol. The van der Waals surface area contributed by atoms with Gasteiger partial charge >= 0.3 is 0 Å². The number of hydrogen-bond acceptors (Lipinski definition) is 4. The smallest absolute Gasteiger partial charge is 0.240 e. The Morgan fingerprint density at radius 1 is 1.24 bits per heavy atom. The Morgan fingerprint density at radius 2 is 1.80 bits per heavy atom. The summed E-state index contributed by atoms with van der Waals surface area (Å²) >= 11 is 0. The molecule has 1 saturated heterocycles. The van der Waals surface area contributed by atoms with Gasteiger partial charge in [-0.3, -0.25) is 9.69 Å². The molecular formula is C18H31Cl2N3O2. The molecule has 0 radical (unpaired) electrons. The number of hydrogen-bond donors (Lipinski definition) is 2. The summed E-state index contributed by atoms with van der Waals surface area (Å²) in [7, 11) is 2.11. The number of ether oxygens (including phenoxy) is 1. The number of nitrogens with one attached hydrogen (secondary N) is 1. The average Bonchev–Trinajstić information content (AvgIpc) is 2.54. The third-order valence-corrected chi connectivity index (χ3v) is 4.70. The summed E-state index contributed by atoms with van der Waals surface area (Å²) in [6.45, 7) is 6.84. The molecule has 144 valence electrons. The number of halogens is 2. The van der Waals surface area contributed by atoms with Crippen LogP contribution in [0, 0.1) is 0 Å². The summed E-state index contributed by atoms with van der Waals surface area (Å²) in [5.41, 5.74) is 7.82. The minimum atomic E-state index is -0.790. The van der Waals surface area contributed by atoms with Crippen LogP contribution in [0.4, 0.5) is 0 Å². The summed E-state index contributed by atoms with van der Waals surface area (Å²) in [5.74, 6) is -0.0761. The number of nitrogens with zero attached hydrogens (tertiary/aromatic N) is 1. The van der Waals surface area contributed by atoms with E-state index in [0.29, 0.717) is 38.6 Å². The van der Waals surface area contributed by atoms with Crippen LogP contribution in [0.2, 0.25) is 0 Å². The first-order chi connectivity index (χ1) is 10.9. The fourth-order valence-electron chi connectivity index (χ4n) is 2.65. The van der Waals surface area contributed by atoms with Crippen LogP contribution in [-0.4, -0.2) is 42.6 Å². The standard InChI is InChI=1S/C18H29N3O2.2ClH/c1-14(2)21(3)13-16-7-5-4-6-15(16)12-20-17(22)18(19)8-10-23-11-9-18;;/h4-7,14H,8-13,19H2,1-3H3,(H,20,22);2*1H. The predicted octanol–water partition coefficient (Wildman–Crippen LogP) is 2.49. The van der Waals surface area contributed by atoms with Gasteiger partial charge in [0.2, 0.25) is 5.91 Å². The van der Waals surface area contributed by atoms with Gasteiger partial charge in [-0.25, -0.2) is 0 Å². The number of amides is 1. The molecule has 0 saturated carbocycles. The van der Waals surface area contributed by atoms with Gasteiger partial charge in [0.25, 0.3) is 0 Å². The third kappa shape index (κ3) is 6.76. The maximum atomic E-state index is 12.4. The molecule has 25 heavy (non-hydrogen) atoms. The first-order valence-electron chi connectivity index (χ1n) is 8.34. The Bertz CT molecular complexity index is 535. The van der Waals surface area contributed by atoms with Crippen molar-refractivity contribution in [2.24, 2.45) is 5.73 Å². The van der Waals surface area contributed by atoms with Crippen molar-refractivity contribution in [1.29, 1.82) is 0 Å². The van der Waals surface area contributed by atoms with Gasteiger partial charge in [-0.2, -0.15) is 0 Å². The van der Waals surface area contributed by atoms with Crippen LogP contribution >= 0.6 is 24.8 Å². The molecule has 0 spiro atoms. The van der Waals surface area contributed by atoms with Gasteiger partial charge in [0.05, 0.1) is 5.54 Å². The zero-order valence-electron chi connectivity index (χ0n) is 15.3. The van der Waals surface area contributed by atoms with Gasteiger partial charge in [0.1, 0.15) is 0 Å². The van der Waals surface area contributed by atoms with E-state index < -0.39 is 5.54 Å². The quantitative estimate of drug-likeness (QED) is 0.781. The van der Waals surface area contributed by atoms with E-state index >= 15 is 0 Å². The summed E-state index contributed by atoms with van der Waals surface area (Å²) in [5, 5.41) is 3.01. The fourth-order valence-corrected chi connectivity index (χ4v) is 2.65. The third-order valence-electron chi connectivity index (χ3n) is 4.70. The molecule has 1 aliphatic rings. The topological polar surface area (TPSA) is 67.6 Å². The number of benzene rings is 1. The van der Waals surface area contributed by atoms with Gasteiger partial charge in [-0.1, -0.05) is 24.3 Å². The lowest BCUT2D eigenvalue weighted by Crippen LogP contribution is -2.56. The van der Waals surface area contributed by atoms with Crippen molar-refractivity contribution in [2.45, 2.75) is 51.4 Å². The van der Waals surface area contributed by atoms with Crippen molar-refractivity contribution in [2.75, 3.05) is 20.3 Å². The highest BCUT2D eigenvalue weighted by Crippen LogP contribution is 2.18. The van der Waals surface area contributed by atoms with E-state index in [2.05, 4.69) is 43.2 Å². The van der Waals surface area contributed by atoms with Crippen molar-refractivity contribution >= 4 is 30.7 Å². The summed E-state index contributed by atoms with van der Waals surface area (Å²) in [6.07, 6.45) is 1.16. The van der Waals surface area contributed by atoms with Crippen LogP contribution in [0.5, 0.6) is 0 Å². The highest BCUT2D eigenvalue weighted by Gasteiger charge is 2.35. The maximum absolute atomic E-state index is 12.4. The van der Waals surface area contributed by atoms with Gasteiger partial charge in [0, 0.05) is 32.3 Å². The molecule has 0 aromatic heterocycles. The van der Waals surface area contributed by atoms with E-state index in [1.807, 2.05) is 12.1 Å². The average molecular weight is 392 g/mol. The van der Waals surface area contributed by atoms with E-state index in [9.17, 15) is 4.79 Å². The molecule has 0 bridgehead atoms. The summed E-state index contributed by atoms with van der Waals surface area (Å²) in [4.78, 5) is 14.7. The highest BCUT2D eigenvalue weighted by molar-refractivity contribution is 5.86. The molecular weight excluding hydrogens is 361 g/mol. The Kier molecular flexibility index (Phi) is 10.6. The lowest BCUT2D eigenvalue weighted by atomic mass is 9.90. The molecule has 1 aromatic rings. The molecule has 1 fully saturated rings. The lowest BCUT2D eigenvalue weighted by molar-refractivity contribution is -0.129. The Morgan fingerprint density at radius 3 is 2.36 bits per heavy atom. The molecule has 0 aliphatic carbocycles. The largest absolute Gasteiger partial charge is 0.381 e. The van der Waals surface area contributed by atoms with E-state index in [4.69, 9.17) is 10.5 Å². The van der Waals surface area contributed by atoms with E-state index in [0.717, 1.165) is 12.1 Å². The SMILES string of the molecule is CC(C)N(C)Cc1ccccc1CNC(=O)C1(N)CCOCC1.Cl.Cl. The summed E-state index contributed by atoms with van der Waals surface area (Å²) < 4.78 is 5.30. The van der Waals surface area contributed by atoms with Crippen LogP contribution in [0.3, 0.4) is 0 Å². The first kappa shape index (κ1) is 24.1.